The highest BCUT2D eigenvalue weighted by Crippen LogP contribution is 2.22. The molecule has 0 spiro atoms. The molecule has 4 heteroatoms. The molecule has 1 aromatic carbocycles. The lowest BCUT2D eigenvalue weighted by Gasteiger charge is -2.09. The largest absolute Gasteiger partial charge is 0.496 e. The number of hydrogen-bond acceptors (Lipinski definition) is 3. The topological polar surface area (TPSA) is 69.4 Å². The number of carbonyl (C=O) groups excluding carboxylic acids is 2. The van der Waals surface area contributed by atoms with Gasteiger partial charge in [0.15, 0.2) is 0 Å². The second-order valence-corrected chi connectivity index (χ2v) is 3.33. The van der Waals surface area contributed by atoms with Crippen LogP contribution in [-0.4, -0.2) is 18.8 Å². The van der Waals surface area contributed by atoms with Crippen molar-refractivity contribution in [3.63, 3.8) is 0 Å². The monoisotopic (exact) mass is 207 g/mol. The summed E-state index contributed by atoms with van der Waals surface area (Å²) in [6, 6.07) is 3.33. The average molecular weight is 207 g/mol. The third-order valence-corrected chi connectivity index (χ3v) is 2.21. The van der Waals surface area contributed by atoms with Crippen LogP contribution in [0.25, 0.3) is 0 Å². The van der Waals surface area contributed by atoms with Crippen LogP contribution in [0.15, 0.2) is 12.1 Å². The molecule has 0 radical (unpaired) electrons. The van der Waals surface area contributed by atoms with Gasteiger partial charge in [-0.1, -0.05) is 0 Å². The van der Waals surface area contributed by atoms with Gasteiger partial charge in [0.2, 0.25) is 5.78 Å². The number of amides is 1. The second-order valence-electron chi connectivity index (χ2n) is 3.33. The molecule has 0 fully saturated rings. The quantitative estimate of drug-likeness (QED) is 0.593. The summed E-state index contributed by atoms with van der Waals surface area (Å²) < 4.78 is 5.09. The van der Waals surface area contributed by atoms with Crippen molar-refractivity contribution in [3.8, 4) is 5.75 Å². The Hall–Kier alpha value is -1.84. The maximum atomic E-state index is 11.4. The van der Waals surface area contributed by atoms with E-state index in [2.05, 4.69) is 0 Å². The summed E-state index contributed by atoms with van der Waals surface area (Å²) in [6.45, 7) is 3.54. The molecule has 0 unspecified atom stereocenters. The summed E-state index contributed by atoms with van der Waals surface area (Å²) in [7, 11) is 1.55. The molecule has 0 heterocycles. The van der Waals surface area contributed by atoms with E-state index < -0.39 is 11.7 Å². The summed E-state index contributed by atoms with van der Waals surface area (Å²) in [5.74, 6) is -0.922. The number of hydrogen-bond donors (Lipinski definition) is 1. The average Bonchev–Trinajstić information content (AvgIpc) is 2.19. The van der Waals surface area contributed by atoms with E-state index in [1.807, 2.05) is 0 Å². The Morgan fingerprint density at radius 2 is 1.80 bits per heavy atom. The van der Waals surface area contributed by atoms with Crippen molar-refractivity contribution in [3.05, 3.63) is 28.8 Å². The highest BCUT2D eigenvalue weighted by atomic mass is 16.5. The molecule has 0 atom stereocenters. The Balaban J connectivity index is 3.28. The molecule has 0 aliphatic heterocycles. The fraction of sp³-hybridized carbons (Fsp3) is 0.273. The number of benzene rings is 1. The molecule has 15 heavy (non-hydrogen) atoms. The Morgan fingerprint density at radius 3 is 2.27 bits per heavy atom. The van der Waals surface area contributed by atoms with Crippen molar-refractivity contribution >= 4 is 11.7 Å². The van der Waals surface area contributed by atoms with Gasteiger partial charge in [-0.2, -0.15) is 0 Å². The third kappa shape index (κ3) is 2.15. The van der Waals surface area contributed by atoms with Crippen molar-refractivity contribution < 1.29 is 14.3 Å². The van der Waals surface area contributed by atoms with Crippen LogP contribution in [-0.2, 0) is 4.79 Å². The zero-order valence-electron chi connectivity index (χ0n) is 8.96. The highest BCUT2D eigenvalue weighted by molar-refractivity contribution is 6.42. The fourth-order valence-electron chi connectivity index (χ4n) is 1.39. The highest BCUT2D eigenvalue weighted by Gasteiger charge is 2.16. The predicted molar refractivity (Wildman–Crippen MR) is 56.0 cm³/mol. The molecule has 0 aliphatic carbocycles. The molecule has 0 bridgehead atoms. The summed E-state index contributed by atoms with van der Waals surface area (Å²) in [6.07, 6.45) is 0. The second kappa shape index (κ2) is 4.13. The van der Waals surface area contributed by atoms with Gasteiger partial charge >= 0.3 is 0 Å². The van der Waals surface area contributed by atoms with Gasteiger partial charge in [0, 0.05) is 5.56 Å². The van der Waals surface area contributed by atoms with Crippen molar-refractivity contribution in [2.45, 2.75) is 13.8 Å². The number of nitrogens with two attached hydrogens (primary N) is 1. The number of carbonyl (C=O) groups is 2. The molecule has 80 valence electrons. The number of methoxy groups -OCH3 is 1. The van der Waals surface area contributed by atoms with Crippen molar-refractivity contribution in [2.24, 2.45) is 5.73 Å². The van der Waals surface area contributed by atoms with Crippen molar-refractivity contribution in [1.29, 1.82) is 0 Å². The van der Waals surface area contributed by atoms with E-state index in [0.29, 0.717) is 16.9 Å². The summed E-state index contributed by atoms with van der Waals surface area (Å²) in [5.41, 5.74) is 6.75. The van der Waals surface area contributed by atoms with Crippen LogP contribution in [0.1, 0.15) is 21.5 Å². The van der Waals surface area contributed by atoms with Crippen molar-refractivity contribution in [2.75, 3.05) is 7.11 Å². The number of primary amides is 1. The lowest BCUT2D eigenvalue weighted by atomic mass is 10.0. The fourth-order valence-corrected chi connectivity index (χ4v) is 1.39. The molecule has 0 aromatic heterocycles. The van der Waals surface area contributed by atoms with Crippen LogP contribution in [0.2, 0.25) is 0 Å². The number of Topliss-reactive ketones (excluding diaryl/α,β-unsaturated/α-hetero) is 1. The van der Waals surface area contributed by atoms with Crippen LogP contribution >= 0.6 is 0 Å². The standard InChI is InChI=1S/C11H13NO3/c1-6-5-9(15-3)7(2)4-8(6)10(13)11(12)14/h4-5H,1-3H3,(H2,12,14). The van der Waals surface area contributed by atoms with E-state index in [1.165, 1.54) is 0 Å². The van der Waals surface area contributed by atoms with E-state index >= 15 is 0 Å². The number of aryl methyl sites for hydroxylation is 2. The van der Waals surface area contributed by atoms with E-state index in [4.69, 9.17) is 10.5 Å². The van der Waals surface area contributed by atoms with Crippen LogP contribution in [0, 0.1) is 13.8 Å². The van der Waals surface area contributed by atoms with Gasteiger partial charge in [-0.15, -0.1) is 0 Å². The molecule has 2 N–H and O–H groups in total. The SMILES string of the molecule is COc1cc(C)c(C(=O)C(N)=O)cc1C. The maximum absolute atomic E-state index is 11.4. The molecule has 0 saturated carbocycles. The lowest BCUT2D eigenvalue weighted by Crippen LogP contribution is -2.24. The molecular weight excluding hydrogens is 194 g/mol. The Bertz CT molecular complexity index is 424. The van der Waals surface area contributed by atoms with Gasteiger partial charge in [0.05, 0.1) is 7.11 Å². The first-order valence-electron chi connectivity index (χ1n) is 4.46. The number of ketones is 1. The summed E-state index contributed by atoms with van der Waals surface area (Å²) in [4.78, 5) is 22.2. The zero-order chi connectivity index (χ0) is 11.6. The first-order valence-corrected chi connectivity index (χ1v) is 4.46. The molecular formula is C11H13NO3. The van der Waals surface area contributed by atoms with E-state index in [0.717, 1.165) is 5.56 Å². The van der Waals surface area contributed by atoms with Crippen LogP contribution in [0.3, 0.4) is 0 Å². The molecule has 1 amide bonds. The predicted octanol–water partition coefficient (Wildman–Crippen LogP) is 0.980. The lowest BCUT2D eigenvalue weighted by molar-refractivity contribution is -0.114. The number of ether oxygens (including phenoxy) is 1. The van der Waals surface area contributed by atoms with E-state index in [-0.39, 0.29) is 0 Å². The van der Waals surface area contributed by atoms with Gasteiger partial charge in [-0.25, -0.2) is 0 Å². The minimum atomic E-state index is -0.942. The van der Waals surface area contributed by atoms with Crippen LogP contribution in [0.4, 0.5) is 0 Å². The first kappa shape index (κ1) is 11.2. The minimum Gasteiger partial charge on any atom is -0.496 e. The van der Waals surface area contributed by atoms with E-state index in [9.17, 15) is 9.59 Å². The molecule has 0 aliphatic rings. The Morgan fingerprint density at radius 1 is 1.20 bits per heavy atom. The number of rotatable bonds is 3. The normalized spacial score (nSPS) is 9.80. The smallest absolute Gasteiger partial charge is 0.289 e. The molecule has 1 aromatic rings. The summed E-state index contributed by atoms with van der Waals surface area (Å²) in [5, 5.41) is 0. The van der Waals surface area contributed by atoms with Gasteiger partial charge in [-0.3, -0.25) is 9.59 Å². The summed E-state index contributed by atoms with van der Waals surface area (Å²) >= 11 is 0. The van der Waals surface area contributed by atoms with Gasteiger partial charge < -0.3 is 10.5 Å². The van der Waals surface area contributed by atoms with Gasteiger partial charge in [0.25, 0.3) is 5.91 Å². The third-order valence-electron chi connectivity index (χ3n) is 2.21. The molecule has 0 saturated heterocycles. The zero-order valence-corrected chi connectivity index (χ0v) is 8.96. The molecule has 1 rings (SSSR count). The van der Waals surface area contributed by atoms with Crippen LogP contribution in [0.5, 0.6) is 5.75 Å². The maximum Gasteiger partial charge on any atom is 0.289 e. The Labute approximate surface area is 88.0 Å². The van der Waals surface area contributed by atoms with Gasteiger partial charge in [0.1, 0.15) is 5.75 Å². The van der Waals surface area contributed by atoms with Crippen molar-refractivity contribution in [1.82, 2.24) is 0 Å². The van der Waals surface area contributed by atoms with E-state index in [1.54, 1.807) is 33.1 Å². The molecule has 4 nitrogen and oxygen atoms in total. The van der Waals surface area contributed by atoms with Crippen LogP contribution < -0.4 is 10.5 Å². The Kier molecular flexibility index (Phi) is 3.09. The minimum absolute atomic E-state index is 0.334. The van der Waals surface area contributed by atoms with Gasteiger partial charge in [-0.05, 0) is 37.1 Å². The first-order chi connectivity index (χ1) is 6.97.